The smallest absolute Gasteiger partial charge is 0.231 e. The van der Waals surface area contributed by atoms with E-state index in [2.05, 4.69) is 9.36 Å². The van der Waals surface area contributed by atoms with Gasteiger partial charge in [-0.3, -0.25) is 4.98 Å². The van der Waals surface area contributed by atoms with Crippen LogP contribution < -0.4 is 18.9 Å². The van der Waals surface area contributed by atoms with Crippen LogP contribution in [0.4, 0.5) is 0 Å². The highest BCUT2D eigenvalue weighted by Gasteiger charge is 2.21. The molecule has 4 rings (SSSR count). The van der Waals surface area contributed by atoms with Gasteiger partial charge in [0, 0.05) is 5.56 Å². The van der Waals surface area contributed by atoms with Crippen molar-refractivity contribution in [2.45, 2.75) is 0 Å². The van der Waals surface area contributed by atoms with Crippen molar-refractivity contribution in [2.24, 2.45) is 0 Å². The Balaban J connectivity index is 1.69. The van der Waals surface area contributed by atoms with Gasteiger partial charge in [0.15, 0.2) is 11.5 Å². The average molecular weight is 342 g/mol. The number of hydrogen-bond acceptors (Lipinski definition) is 7. The molecule has 0 fully saturated rings. The second-order valence-corrected chi connectivity index (χ2v) is 5.88. The van der Waals surface area contributed by atoms with E-state index in [9.17, 15) is 0 Å². The van der Waals surface area contributed by atoms with Crippen LogP contribution in [0, 0.1) is 0 Å². The summed E-state index contributed by atoms with van der Waals surface area (Å²) in [5, 5.41) is 0. The minimum Gasteiger partial charge on any atom is -0.495 e. The van der Waals surface area contributed by atoms with Crippen molar-refractivity contribution >= 4 is 11.5 Å². The third-order valence-corrected chi connectivity index (χ3v) is 4.53. The van der Waals surface area contributed by atoms with Gasteiger partial charge in [0.1, 0.15) is 11.4 Å². The molecule has 7 heteroatoms. The molecule has 24 heavy (non-hydrogen) atoms. The topological polar surface area (TPSA) is 62.7 Å². The number of pyridine rings is 1. The quantitative estimate of drug-likeness (QED) is 0.722. The second-order valence-electron chi connectivity index (χ2n) is 5.07. The van der Waals surface area contributed by atoms with E-state index in [-0.39, 0.29) is 6.79 Å². The highest BCUT2D eigenvalue weighted by Crippen LogP contribution is 2.45. The molecular weight excluding hydrogens is 328 g/mol. The van der Waals surface area contributed by atoms with Gasteiger partial charge in [-0.15, -0.1) is 0 Å². The molecule has 1 aromatic carbocycles. The lowest BCUT2D eigenvalue weighted by Crippen LogP contribution is -1.93. The van der Waals surface area contributed by atoms with Crippen LogP contribution in [0.5, 0.6) is 23.0 Å². The van der Waals surface area contributed by atoms with Gasteiger partial charge in [-0.25, -0.2) is 0 Å². The number of benzene rings is 1. The fourth-order valence-corrected chi connectivity index (χ4v) is 3.19. The zero-order valence-corrected chi connectivity index (χ0v) is 13.9. The highest BCUT2D eigenvalue weighted by atomic mass is 32.1. The molecule has 122 valence electrons. The normalized spacial score (nSPS) is 12.2. The third kappa shape index (κ3) is 2.52. The monoisotopic (exact) mass is 342 g/mol. The maximum atomic E-state index is 5.48. The van der Waals surface area contributed by atoms with Gasteiger partial charge in [0.05, 0.1) is 31.0 Å². The summed E-state index contributed by atoms with van der Waals surface area (Å²) in [7, 11) is 3.23. The predicted molar refractivity (Wildman–Crippen MR) is 90.0 cm³/mol. The number of aromatic nitrogens is 2. The van der Waals surface area contributed by atoms with E-state index in [0.717, 1.165) is 27.6 Å². The Hall–Kier alpha value is -2.80. The lowest BCUT2D eigenvalue weighted by atomic mass is 10.1. The van der Waals surface area contributed by atoms with Crippen LogP contribution in [0.2, 0.25) is 0 Å². The van der Waals surface area contributed by atoms with E-state index in [1.807, 2.05) is 30.3 Å². The lowest BCUT2D eigenvalue weighted by molar-refractivity contribution is 0.171. The van der Waals surface area contributed by atoms with Gasteiger partial charge in [-0.1, -0.05) is 0 Å². The summed E-state index contributed by atoms with van der Waals surface area (Å²) in [4.78, 5) is 5.37. The Morgan fingerprint density at radius 1 is 1.04 bits per heavy atom. The van der Waals surface area contributed by atoms with Gasteiger partial charge >= 0.3 is 0 Å². The van der Waals surface area contributed by atoms with E-state index in [1.54, 1.807) is 20.4 Å². The molecule has 0 unspecified atom stereocenters. The van der Waals surface area contributed by atoms with Gasteiger partial charge in [-0.05, 0) is 41.9 Å². The molecular formula is C17H14N2O4S. The zero-order valence-electron chi connectivity index (χ0n) is 13.1. The largest absolute Gasteiger partial charge is 0.495 e. The number of ether oxygens (including phenoxy) is 4. The molecule has 0 N–H and O–H groups in total. The van der Waals surface area contributed by atoms with Gasteiger partial charge in [0.2, 0.25) is 12.5 Å². The van der Waals surface area contributed by atoms with E-state index < -0.39 is 0 Å². The molecule has 0 atom stereocenters. The van der Waals surface area contributed by atoms with E-state index >= 15 is 0 Å². The molecule has 0 radical (unpaired) electrons. The van der Waals surface area contributed by atoms with Crippen LogP contribution in [0.25, 0.3) is 21.8 Å². The molecule has 1 aliphatic rings. The van der Waals surface area contributed by atoms with Crippen LogP contribution in [-0.4, -0.2) is 30.4 Å². The van der Waals surface area contributed by atoms with Gasteiger partial charge in [0.25, 0.3) is 0 Å². The van der Waals surface area contributed by atoms with Crippen LogP contribution >= 0.6 is 11.5 Å². The molecule has 1 aliphatic heterocycles. The van der Waals surface area contributed by atoms with Crippen molar-refractivity contribution in [1.82, 2.24) is 9.36 Å². The van der Waals surface area contributed by atoms with Crippen LogP contribution in [-0.2, 0) is 0 Å². The number of nitrogens with zero attached hydrogens (tertiary/aromatic N) is 2. The summed E-state index contributed by atoms with van der Waals surface area (Å²) < 4.78 is 25.9. The van der Waals surface area contributed by atoms with E-state index in [4.69, 9.17) is 18.9 Å². The molecule has 0 bridgehead atoms. The van der Waals surface area contributed by atoms with Crippen molar-refractivity contribution < 1.29 is 18.9 Å². The highest BCUT2D eigenvalue weighted by molar-refractivity contribution is 7.09. The average Bonchev–Trinajstić information content (AvgIpc) is 3.30. The first-order chi connectivity index (χ1) is 11.8. The molecule has 0 spiro atoms. The predicted octanol–water partition coefficient (Wildman–Crippen LogP) is 3.62. The van der Waals surface area contributed by atoms with E-state index in [0.29, 0.717) is 17.2 Å². The third-order valence-electron chi connectivity index (χ3n) is 3.69. The molecule has 6 nitrogen and oxygen atoms in total. The second kappa shape index (κ2) is 6.01. The van der Waals surface area contributed by atoms with Crippen molar-refractivity contribution in [3.8, 4) is 44.8 Å². The number of rotatable bonds is 4. The Labute approximate surface area is 142 Å². The summed E-state index contributed by atoms with van der Waals surface area (Å²) in [6.45, 7) is 0.207. The first kappa shape index (κ1) is 14.8. The minimum absolute atomic E-state index is 0.207. The Morgan fingerprint density at radius 3 is 2.71 bits per heavy atom. The standard InChI is InChI=1S/C17H14N2O4S/c1-20-11-3-4-12(18-8-11)13-7-16(24-19-13)10-5-14(21-2)17-15(6-10)22-9-23-17/h3-8H,9H2,1-2H3. The minimum atomic E-state index is 0.207. The SMILES string of the molecule is COc1ccc(-c2cc(-c3cc(OC)c4c(c3)OCO4)sn2)nc1. The number of methoxy groups -OCH3 is 2. The van der Waals surface area contributed by atoms with Crippen molar-refractivity contribution in [3.63, 3.8) is 0 Å². The summed E-state index contributed by atoms with van der Waals surface area (Å²) in [5.41, 5.74) is 2.58. The molecule has 2 aromatic heterocycles. The zero-order chi connectivity index (χ0) is 16.5. The van der Waals surface area contributed by atoms with Crippen LogP contribution in [0.3, 0.4) is 0 Å². The Kier molecular flexibility index (Phi) is 3.70. The molecule has 0 saturated heterocycles. The summed E-state index contributed by atoms with van der Waals surface area (Å²) in [5.74, 6) is 2.69. The fourth-order valence-electron chi connectivity index (χ4n) is 2.46. The molecule has 3 heterocycles. The molecule has 0 saturated carbocycles. The Bertz CT molecular complexity index is 877. The molecule has 0 amide bonds. The lowest BCUT2D eigenvalue weighted by Gasteiger charge is -2.06. The Morgan fingerprint density at radius 2 is 1.96 bits per heavy atom. The van der Waals surface area contributed by atoms with Crippen molar-refractivity contribution in [2.75, 3.05) is 21.0 Å². The molecule has 0 aliphatic carbocycles. The number of fused-ring (bicyclic) bond motifs is 1. The summed E-state index contributed by atoms with van der Waals surface area (Å²) >= 11 is 1.40. The molecule has 3 aromatic rings. The van der Waals surface area contributed by atoms with Gasteiger partial charge < -0.3 is 18.9 Å². The van der Waals surface area contributed by atoms with Crippen molar-refractivity contribution in [1.29, 1.82) is 0 Å². The van der Waals surface area contributed by atoms with Gasteiger partial charge in [-0.2, -0.15) is 4.37 Å². The number of hydrogen-bond donors (Lipinski definition) is 0. The first-order valence-corrected chi connectivity index (χ1v) is 8.01. The van der Waals surface area contributed by atoms with Crippen molar-refractivity contribution in [3.05, 3.63) is 36.5 Å². The summed E-state index contributed by atoms with van der Waals surface area (Å²) in [6, 6.07) is 9.61. The van der Waals surface area contributed by atoms with Crippen LogP contribution in [0.15, 0.2) is 36.5 Å². The maximum absolute atomic E-state index is 5.48. The van der Waals surface area contributed by atoms with Crippen LogP contribution in [0.1, 0.15) is 0 Å². The maximum Gasteiger partial charge on any atom is 0.231 e. The summed E-state index contributed by atoms with van der Waals surface area (Å²) in [6.07, 6.45) is 1.68. The first-order valence-electron chi connectivity index (χ1n) is 7.23. The van der Waals surface area contributed by atoms with E-state index in [1.165, 1.54) is 11.5 Å². The fraction of sp³-hybridized carbons (Fsp3) is 0.176.